The summed E-state index contributed by atoms with van der Waals surface area (Å²) in [6.45, 7) is 6.16. The third-order valence-corrected chi connectivity index (χ3v) is 3.45. The van der Waals surface area contributed by atoms with E-state index in [9.17, 15) is 9.90 Å². The van der Waals surface area contributed by atoms with Crippen molar-refractivity contribution in [2.45, 2.75) is 40.0 Å². The summed E-state index contributed by atoms with van der Waals surface area (Å²) in [4.78, 5) is 11.3. The van der Waals surface area contributed by atoms with Crippen LogP contribution in [0.2, 0.25) is 0 Å². The van der Waals surface area contributed by atoms with Gasteiger partial charge in [-0.3, -0.25) is 0 Å². The summed E-state index contributed by atoms with van der Waals surface area (Å²) in [5.74, 6) is -0.910. The first-order valence-corrected chi connectivity index (χ1v) is 6.92. The standard InChI is InChI=1S/C16H20N2O2/c1-4-5-6-15-13(16(19)20)10-17-18(15)14-8-7-11(2)9-12(14)3/h7-10H,4-6H2,1-3H3,(H,19,20). The molecule has 20 heavy (non-hydrogen) atoms. The van der Waals surface area contributed by atoms with E-state index in [1.807, 2.05) is 26.0 Å². The number of aryl methyl sites for hydroxylation is 2. The van der Waals surface area contributed by atoms with Crippen LogP contribution in [0.25, 0.3) is 5.69 Å². The maximum atomic E-state index is 11.3. The van der Waals surface area contributed by atoms with Crippen LogP contribution in [0.3, 0.4) is 0 Å². The second-order valence-corrected chi connectivity index (χ2v) is 5.12. The molecule has 0 fully saturated rings. The SMILES string of the molecule is CCCCc1c(C(=O)O)cnn1-c1ccc(C)cc1C. The van der Waals surface area contributed by atoms with E-state index in [-0.39, 0.29) is 0 Å². The van der Waals surface area contributed by atoms with Gasteiger partial charge in [-0.2, -0.15) is 5.10 Å². The van der Waals surface area contributed by atoms with Gasteiger partial charge >= 0.3 is 5.97 Å². The molecule has 0 unspecified atom stereocenters. The van der Waals surface area contributed by atoms with Crippen LogP contribution in [0.4, 0.5) is 0 Å². The summed E-state index contributed by atoms with van der Waals surface area (Å²) in [7, 11) is 0. The summed E-state index contributed by atoms with van der Waals surface area (Å²) < 4.78 is 1.77. The molecule has 1 N–H and O–H groups in total. The van der Waals surface area contributed by atoms with Gasteiger partial charge in [-0.15, -0.1) is 0 Å². The molecule has 0 aliphatic rings. The highest BCUT2D eigenvalue weighted by Crippen LogP contribution is 2.21. The molecule has 1 aromatic carbocycles. The van der Waals surface area contributed by atoms with Crippen molar-refractivity contribution in [3.8, 4) is 5.69 Å². The summed E-state index contributed by atoms with van der Waals surface area (Å²) >= 11 is 0. The maximum absolute atomic E-state index is 11.3. The Labute approximate surface area is 119 Å². The molecule has 0 aliphatic heterocycles. The Morgan fingerprint density at radius 2 is 2.10 bits per heavy atom. The fourth-order valence-corrected chi connectivity index (χ4v) is 2.39. The lowest BCUT2D eigenvalue weighted by atomic mass is 10.1. The molecule has 0 atom stereocenters. The monoisotopic (exact) mass is 272 g/mol. The van der Waals surface area contributed by atoms with E-state index < -0.39 is 5.97 Å². The Balaban J connectivity index is 2.52. The molecular weight excluding hydrogens is 252 g/mol. The summed E-state index contributed by atoms with van der Waals surface area (Å²) in [6, 6.07) is 6.11. The Morgan fingerprint density at radius 3 is 2.70 bits per heavy atom. The van der Waals surface area contributed by atoms with Crippen molar-refractivity contribution in [1.29, 1.82) is 0 Å². The number of rotatable bonds is 5. The van der Waals surface area contributed by atoms with Gasteiger partial charge in [0.2, 0.25) is 0 Å². The molecule has 106 valence electrons. The molecule has 1 aromatic heterocycles. The van der Waals surface area contributed by atoms with E-state index in [2.05, 4.69) is 18.1 Å². The number of carboxylic acids is 1. The minimum atomic E-state index is -0.910. The quantitative estimate of drug-likeness (QED) is 0.905. The molecule has 0 aliphatic carbocycles. The molecule has 2 rings (SSSR count). The lowest BCUT2D eigenvalue weighted by Crippen LogP contribution is -2.08. The highest BCUT2D eigenvalue weighted by Gasteiger charge is 2.18. The van der Waals surface area contributed by atoms with Gasteiger partial charge in [0, 0.05) is 0 Å². The molecule has 2 aromatic rings. The maximum Gasteiger partial charge on any atom is 0.339 e. The average Bonchev–Trinajstić information content (AvgIpc) is 2.80. The van der Waals surface area contributed by atoms with Gasteiger partial charge in [-0.1, -0.05) is 31.0 Å². The van der Waals surface area contributed by atoms with Crippen LogP contribution < -0.4 is 0 Å². The molecule has 0 amide bonds. The van der Waals surface area contributed by atoms with Crippen LogP contribution >= 0.6 is 0 Å². The molecule has 0 saturated heterocycles. The molecule has 0 radical (unpaired) electrons. The number of carbonyl (C=O) groups is 1. The molecule has 4 nitrogen and oxygen atoms in total. The van der Waals surface area contributed by atoms with Gasteiger partial charge in [0.05, 0.1) is 17.6 Å². The third kappa shape index (κ3) is 2.74. The van der Waals surface area contributed by atoms with E-state index in [0.717, 1.165) is 36.2 Å². The summed E-state index contributed by atoms with van der Waals surface area (Å²) in [5.41, 5.74) is 4.33. The fraction of sp³-hybridized carbons (Fsp3) is 0.375. The van der Waals surface area contributed by atoms with E-state index in [4.69, 9.17) is 0 Å². The smallest absolute Gasteiger partial charge is 0.339 e. The fourth-order valence-electron chi connectivity index (χ4n) is 2.39. The van der Waals surface area contributed by atoms with Crippen LogP contribution in [0.15, 0.2) is 24.4 Å². The van der Waals surface area contributed by atoms with Crippen molar-refractivity contribution >= 4 is 5.97 Å². The first-order chi connectivity index (χ1) is 9.54. The van der Waals surface area contributed by atoms with Gasteiger partial charge in [0.25, 0.3) is 0 Å². The van der Waals surface area contributed by atoms with Gasteiger partial charge in [-0.25, -0.2) is 9.48 Å². The zero-order valence-electron chi connectivity index (χ0n) is 12.2. The lowest BCUT2D eigenvalue weighted by molar-refractivity contribution is 0.0695. The Kier molecular flexibility index (Phi) is 4.23. The number of aromatic nitrogens is 2. The first kappa shape index (κ1) is 14.3. The van der Waals surface area contributed by atoms with Gasteiger partial charge in [0.1, 0.15) is 5.56 Å². The number of nitrogens with zero attached hydrogens (tertiary/aromatic N) is 2. The second kappa shape index (κ2) is 5.90. The van der Waals surface area contributed by atoms with Crippen LogP contribution in [0, 0.1) is 13.8 Å². The number of carboxylic acid groups (broad SMARTS) is 1. The molecular formula is C16H20N2O2. The van der Waals surface area contributed by atoms with Crippen molar-refractivity contribution in [2.24, 2.45) is 0 Å². The molecule has 1 heterocycles. The average molecular weight is 272 g/mol. The van der Waals surface area contributed by atoms with Crippen LogP contribution in [0.5, 0.6) is 0 Å². The topological polar surface area (TPSA) is 55.1 Å². The minimum Gasteiger partial charge on any atom is -0.478 e. The summed E-state index contributed by atoms with van der Waals surface area (Å²) in [5, 5.41) is 13.6. The Bertz CT molecular complexity index is 629. The largest absolute Gasteiger partial charge is 0.478 e. The zero-order valence-corrected chi connectivity index (χ0v) is 12.2. The zero-order chi connectivity index (χ0) is 14.7. The number of benzene rings is 1. The molecule has 0 spiro atoms. The number of unbranched alkanes of at least 4 members (excludes halogenated alkanes) is 1. The highest BCUT2D eigenvalue weighted by atomic mass is 16.4. The Hall–Kier alpha value is -2.10. The number of hydrogen-bond donors (Lipinski definition) is 1. The van der Waals surface area contributed by atoms with E-state index in [1.54, 1.807) is 4.68 Å². The van der Waals surface area contributed by atoms with Crippen molar-refractivity contribution in [3.05, 3.63) is 46.8 Å². The van der Waals surface area contributed by atoms with Crippen LogP contribution in [-0.2, 0) is 6.42 Å². The number of aromatic carboxylic acids is 1. The Morgan fingerprint density at radius 1 is 1.35 bits per heavy atom. The highest BCUT2D eigenvalue weighted by molar-refractivity contribution is 5.88. The number of hydrogen-bond acceptors (Lipinski definition) is 2. The van der Waals surface area contributed by atoms with Gasteiger partial charge < -0.3 is 5.11 Å². The van der Waals surface area contributed by atoms with Crippen molar-refractivity contribution < 1.29 is 9.90 Å². The van der Waals surface area contributed by atoms with E-state index in [1.165, 1.54) is 11.8 Å². The van der Waals surface area contributed by atoms with Gasteiger partial charge in [-0.05, 0) is 38.3 Å². The molecule has 0 saturated carbocycles. The minimum absolute atomic E-state index is 0.304. The summed E-state index contributed by atoms with van der Waals surface area (Å²) in [6.07, 6.45) is 4.16. The van der Waals surface area contributed by atoms with E-state index >= 15 is 0 Å². The second-order valence-electron chi connectivity index (χ2n) is 5.12. The van der Waals surface area contributed by atoms with Crippen molar-refractivity contribution in [1.82, 2.24) is 9.78 Å². The predicted molar refractivity (Wildman–Crippen MR) is 78.6 cm³/mol. The van der Waals surface area contributed by atoms with Crippen molar-refractivity contribution in [3.63, 3.8) is 0 Å². The van der Waals surface area contributed by atoms with Crippen LogP contribution in [0.1, 0.15) is 46.9 Å². The normalized spacial score (nSPS) is 10.8. The lowest BCUT2D eigenvalue weighted by Gasteiger charge is -2.11. The van der Waals surface area contributed by atoms with E-state index in [0.29, 0.717) is 5.56 Å². The molecule has 4 heteroatoms. The van der Waals surface area contributed by atoms with Crippen molar-refractivity contribution in [2.75, 3.05) is 0 Å². The van der Waals surface area contributed by atoms with Crippen LogP contribution in [-0.4, -0.2) is 20.9 Å². The molecule has 0 bridgehead atoms. The third-order valence-electron chi connectivity index (χ3n) is 3.45. The van der Waals surface area contributed by atoms with Gasteiger partial charge in [0.15, 0.2) is 0 Å². The first-order valence-electron chi connectivity index (χ1n) is 6.92. The predicted octanol–water partition coefficient (Wildman–Crippen LogP) is 3.53.